The van der Waals surface area contributed by atoms with E-state index in [4.69, 9.17) is 4.74 Å². The Hall–Kier alpha value is -1.84. The average Bonchev–Trinajstić information content (AvgIpc) is 3.32. The molecule has 2 aliphatic carbocycles. The zero-order valence-corrected chi connectivity index (χ0v) is 12.3. The number of benzene rings is 1. The van der Waals surface area contributed by atoms with E-state index >= 15 is 0 Å². The maximum Gasteiger partial charge on any atom is 0.309 e. The summed E-state index contributed by atoms with van der Waals surface area (Å²) in [7, 11) is 0. The summed E-state index contributed by atoms with van der Waals surface area (Å²) >= 11 is 0. The molecule has 1 aromatic carbocycles. The number of carbonyl (C=O) groups excluding carboxylic acids is 2. The molecule has 0 saturated heterocycles. The molecule has 1 aromatic rings. The summed E-state index contributed by atoms with van der Waals surface area (Å²) < 4.78 is 5.21. The van der Waals surface area contributed by atoms with Gasteiger partial charge in [0.15, 0.2) is 6.10 Å². The largest absolute Gasteiger partial charge is 0.452 e. The van der Waals surface area contributed by atoms with Crippen LogP contribution in [0, 0.1) is 5.92 Å². The summed E-state index contributed by atoms with van der Waals surface area (Å²) in [6.45, 7) is 1.64. The van der Waals surface area contributed by atoms with Crippen LogP contribution in [0.4, 0.5) is 0 Å². The molecular formula is C17H21NO3. The van der Waals surface area contributed by atoms with Crippen LogP contribution >= 0.6 is 0 Å². The summed E-state index contributed by atoms with van der Waals surface area (Å²) in [6.07, 6.45) is 4.14. The van der Waals surface area contributed by atoms with Crippen molar-refractivity contribution < 1.29 is 14.3 Å². The average molecular weight is 287 g/mol. The minimum atomic E-state index is -0.716. The molecule has 21 heavy (non-hydrogen) atoms. The highest BCUT2D eigenvalue weighted by Gasteiger charge is 2.34. The molecule has 0 spiro atoms. The van der Waals surface area contributed by atoms with Crippen molar-refractivity contribution in [1.82, 2.24) is 5.32 Å². The van der Waals surface area contributed by atoms with Crippen molar-refractivity contribution in [2.75, 3.05) is 0 Å². The molecule has 4 nitrogen and oxygen atoms in total. The second-order valence-corrected chi connectivity index (χ2v) is 6.01. The van der Waals surface area contributed by atoms with Crippen molar-refractivity contribution >= 4 is 11.9 Å². The molecule has 1 fully saturated rings. The third-order valence-electron chi connectivity index (χ3n) is 4.26. The van der Waals surface area contributed by atoms with Crippen molar-refractivity contribution in [3.8, 4) is 0 Å². The number of esters is 1. The molecular weight excluding hydrogens is 266 g/mol. The fraction of sp³-hybridized carbons (Fsp3) is 0.529. The third kappa shape index (κ3) is 3.26. The molecule has 4 heteroatoms. The monoisotopic (exact) mass is 287 g/mol. The van der Waals surface area contributed by atoms with Gasteiger partial charge in [-0.25, -0.2) is 0 Å². The Morgan fingerprint density at radius 2 is 2.00 bits per heavy atom. The molecule has 0 aromatic heterocycles. The molecule has 0 aliphatic heterocycles. The zero-order valence-electron chi connectivity index (χ0n) is 12.3. The molecule has 0 heterocycles. The number of nitrogens with one attached hydrogen (secondary N) is 1. The minimum Gasteiger partial charge on any atom is -0.452 e. The predicted molar refractivity (Wildman–Crippen MR) is 78.5 cm³/mol. The van der Waals surface area contributed by atoms with Crippen LogP contribution in [-0.4, -0.2) is 18.0 Å². The first-order valence-electron chi connectivity index (χ1n) is 7.74. The molecule has 3 rings (SSSR count). The number of hydrogen-bond donors (Lipinski definition) is 1. The number of fused-ring (bicyclic) bond motifs is 1. The summed E-state index contributed by atoms with van der Waals surface area (Å²) in [5.74, 6) is -0.414. The molecule has 0 radical (unpaired) electrons. The molecule has 2 aliphatic rings. The number of carbonyl (C=O) groups is 2. The van der Waals surface area contributed by atoms with Crippen molar-refractivity contribution in [3.05, 3.63) is 35.4 Å². The molecule has 1 N–H and O–H groups in total. The van der Waals surface area contributed by atoms with Crippen LogP contribution in [0.15, 0.2) is 24.3 Å². The minimum absolute atomic E-state index is 0.0238. The highest BCUT2D eigenvalue weighted by molar-refractivity contribution is 5.84. The predicted octanol–water partition coefficient (Wildman–Crippen LogP) is 2.52. The van der Waals surface area contributed by atoms with E-state index in [1.54, 1.807) is 6.92 Å². The van der Waals surface area contributed by atoms with E-state index in [1.807, 2.05) is 12.1 Å². The highest BCUT2D eigenvalue weighted by atomic mass is 16.5. The smallest absolute Gasteiger partial charge is 0.309 e. The van der Waals surface area contributed by atoms with E-state index in [1.165, 1.54) is 11.1 Å². The van der Waals surface area contributed by atoms with Crippen LogP contribution in [0.1, 0.15) is 49.8 Å². The van der Waals surface area contributed by atoms with Crippen LogP contribution in [0.5, 0.6) is 0 Å². The summed E-state index contributed by atoms with van der Waals surface area (Å²) in [5, 5.41) is 3.02. The fourth-order valence-corrected chi connectivity index (χ4v) is 2.84. The molecule has 2 atom stereocenters. The van der Waals surface area contributed by atoms with E-state index in [0.717, 1.165) is 32.1 Å². The first-order valence-corrected chi connectivity index (χ1v) is 7.74. The van der Waals surface area contributed by atoms with Gasteiger partial charge in [-0.2, -0.15) is 0 Å². The van der Waals surface area contributed by atoms with Gasteiger partial charge in [-0.1, -0.05) is 24.3 Å². The van der Waals surface area contributed by atoms with Gasteiger partial charge in [0.05, 0.1) is 12.0 Å². The van der Waals surface area contributed by atoms with Crippen LogP contribution in [-0.2, 0) is 20.7 Å². The fourth-order valence-electron chi connectivity index (χ4n) is 2.84. The number of aryl methyl sites for hydroxylation is 1. The number of ether oxygens (including phenoxy) is 1. The Bertz CT molecular complexity index is 551. The van der Waals surface area contributed by atoms with Gasteiger partial charge < -0.3 is 10.1 Å². The van der Waals surface area contributed by atoms with Gasteiger partial charge in [-0.15, -0.1) is 0 Å². The maximum atomic E-state index is 12.2. The van der Waals surface area contributed by atoms with Crippen molar-refractivity contribution in [2.45, 2.75) is 51.2 Å². The van der Waals surface area contributed by atoms with E-state index in [-0.39, 0.29) is 23.8 Å². The quantitative estimate of drug-likeness (QED) is 0.866. The Kier molecular flexibility index (Phi) is 3.95. The van der Waals surface area contributed by atoms with E-state index in [9.17, 15) is 9.59 Å². The van der Waals surface area contributed by atoms with Crippen molar-refractivity contribution in [2.24, 2.45) is 5.92 Å². The standard InChI is InChI=1S/C17H21NO3/c1-11(21-17(20)13-9-10-13)16(19)18-15-8-4-6-12-5-2-3-7-14(12)15/h2-3,5,7,11,13,15H,4,6,8-10H2,1H3,(H,18,19)/t11-,15-/m0/s1. The Morgan fingerprint density at radius 3 is 2.76 bits per heavy atom. The topological polar surface area (TPSA) is 55.4 Å². The van der Waals surface area contributed by atoms with Crippen LogP contribution in [0.2, 0.25) is 0 Å². The summed E-state index contributed by atoms with van der Waals surface area (Å²) in [6, 6.07) is 8.25. The Morgan fingerprint density at radius 1 is 1.24 bits per heavy atom. The van der Waals surface area contributed by atoms with Gasteiger partial charge in [-0.3, -0.25) is 9.59 Å². The Labute approximate surface area is 124 Å². The van der Waals surface area contributed by atoms with Gasteiger partial charge >= 0.3 is 5.97 Å². The zero-order chi connectivity index (χ0) is 14.8. The second-order valence-electron chi connectivity index (χ2n) is 6.01. The van der Waals surface area contributed by atoms with Gasteiger partial charge in [0.25, 0.3) is 5.91 Å². The van der Waals surface area contributed by atoms with E-state index in [2.05, 4.69) is 17.4 Å². The lowest BCUT2D eigenvalue weighted by atomic mass is 9.87. The lowest BCUT2D eigenvalue weighted by Gasteiger charge is -2.27. The molecule has 0 unspecified atom stereocenters. The van der Waals surface area contributed by atoms with Gasteiger partial charge in [-0.05, 0) is 50.2 Å². The second kappa shape index (κ2) is 5.88. The summed E-state index contributed by atoms with van der Waals surface area (Å²) in [5.41, 5.74) is 2.49. The maximum absolute atomic E-state index is 12.2. The van der Waals surface area contributed by atoms with Gasteiger partial charge in [0, 0.05) is 0 Å². The lowest BCUT2D eigenvalue weighted by molar-refractivity contribution is -0.156. The molecule has 112 valence electrons. The third-order valence-corrected chi connectivity index (χ3v) is 4.26. The van der Waals surface area contributed by atoms with Crippen LogP contribution in [0.3, 0.4) is 0 Å². The van der Waals surface area contributed by atoms with E-state index in [0.29, 0.717) is 0 Å². The number of rotatable bonds is 4. The van der Waals surface area contributed by atoms with Crippen molar-refractivity contribution in [3.63, 3.8) is 0 Å². The molecule has 0 bridgehead atoms. The van der Waals surface area contributed by atoms with E-state index < -0.39 is 6.10 Å². The van der Waals surface area contributed by atoms with Gasteiger partial charge in [0.1, 0.15) is 0 Å². The van der Waals surface area contributed by atoms with Crippen molar-refractivity contribution in [1.29, 1.82) is 0 Å². The SMILES string of the molecule is C[C@H](OC(=O)C1CC1)C(=O)N[C@H]1CCCc2ccccc21. The first kappa shape index (κ1) is 14.1. The lowest BCUT2D eigenvalue weighted by Crippen LogP contribution is -2.39. The Balaban J connectivity index is 1.61. The number of amides is 1. The molecule has 1 saturated carbocycles. The summed E-state index contributed by atoms with van der Waals surface area (Å²) in [4.78, 5) is 23.8. The molecule has 1 amide bonds. The number of hydrogen-bond acceptors (Lipinski definition) is 3. The van der Waals surface area contributed by atoms with Crippen LogP contribution in [0.25, 0.3) is 0 Å². The first-order chi connectivity index (χ1) is 10.1. The van der Waals surface area contributed by atoms with Gasteiger partial charge in [0.2, 0.25) is 0 Å². The highest BCUT2D eigenvalue weighted by Crippen LogP contribution is 2.31. The normalized spacial score (nSPS) is 22.0. The van der Waals surface area contributed by atoms with Crippen LogP contribution < -0.4 is 5.32 Å².